The third-order valence-corrected chi connectivity index (χ3v) is 14.2. The molecular weight excluding hydrogens is 234 g/mol. The second-order valence-corrected chi connectivity index (χ2v) is 12.8. The van der Waals surface area contributed by atoms with Gasteiger partial charge >= 0.3 is 5.97 Å². The summed E-state index contributed by atoms with van der Waals surface area (Å²) >= 11 is 0. The standard InChI is InChI=1S/C5H19NO3Si4/c1-13(2,3)6(11)5(10,9-12)4(7)8/h1-3,10-12H3,(H,7,8). The first-order valence-electron chi connectivity index (χ1n) is 4.18. The topological polar surface area (TPSA) is 49.8 Å². The first kappa shape index (κ1) is 13.3. The fraction of sp³-hybridized carbons (Fsp3) is 0.800. The Morgan fingerprint density at radius 3 is 2.00 bits per heavy atom. The van der Waals surface area contributed by atoms with Gasteiger partial charge in [-0.1, -0.05) is 19.6 Å². The number of carboxylic acids is 1. The molecule has 13 heavy (non-hydrogen) atoms. The molecule has 0 aromatic carbocycles. The third kappa shape index (κ3) is 2.85. The summed E-state index contributed by atoms with van der Waals surface area (Å²) in [5.74, 6) is -0.813. The van der Waals surface area contributed by atoms with E-state index in [4.69, 9.17) is 9.53 Å². The first-order valence-corrected chi connectivity index (χ1v) is 10.3. The van der Waals surface area contributed by atoms with Gasteiger partial charge in [0.25, 0.3) is 0 Å². The lowest BCUT2D eigenvalue weighted by molar-refractivity contribution is -0.152. The van der Waals surface area contributed by atoms with Gasteiger partial charge in [0.05, 0.1) is 20.6 Å². The molecule has 0 aromatic rings. The number of hydrogen-bond acceptors (Lipinski definition) is 3. The van der Waals surface area contributed by atoms with E-state index in [9.17, 15) is 4.79 Å². The summed E-state index contributed by atoms with van der Waals surface area (Å²) < 4.78 is 7.34. The van der Waals surface area contributed by atoms with Gasteiger partial charge in [-0.2, -0.15) is 0 Å². The van der Waals surface area contributed by atoms with E-state index in [1.807, 2.05) is 0 Å². The van der Waals surface area contributed by atoms with E-state index in [0.717, 1.165) is 10.4 Å². The van der Waals surface area contributed by atoms with Gasteiger partial charge in [-0.3, -0.25) is 0 Å². The summed E-state index contributed by atoms with van der Waals surface area (Å²) in [6.45, 7) is 6.45. The quantitative estimate of drug-likeness (QED) is 0.424. The highest BCUT2D eigenvalue weighted by Crippen LogP contribution is 2.18. The normalized spacial score (nSPS) is 17.8. The van der Waals surface area contributed by atoms with Crippen LogP contribution in [0.3, 0.4) is 0 Å². The zero-order chi connectivity index (χ0) is 10.9. The second-order valence-electron chi connectivity index (χ2n) is 4.22. The van der Waals surface area contributed by atoms with Crippen molar-refractivity contribution in [3.63, 3.8) is 0 Å². The minimum Gasteiger partial charge on any atom is -0.478 e. The first-order chi connectivity index (χ1) is 5.66. The summed E-state index contributed by atoms with van der Waals surface area (Å²) in [7, 11) is 0.235. The molecule has 0 aliphatic carbocycles. The molecule has 0 aliphatic rings. The average molecular weight is 254 g/mol. The number of carbonyl (C=O) groups is 1. The predicted octanol–water partition coefficient (Wildman–Crippen LogP) is -3.20. The molecular formula is C5H19NO3Si4. The lowest BCUT2D eigenvalue weighted by atomic mass is 10.6. The molecule has 0 heterocycles. The molecule has 0 rings (SSSR count). The van der Waals surface area contributed by atoms with Crippen molar-refractivity contribution in [1.82, 2.24) is 4.23 Å². The van der Waals surface area contributed by atoms with Gasteiger partial charge in [0, 0.05) is 0 Å². The SMILES string of the molecule is C[Si](C)(C)N([SiH3])C([SiH3])(O[SiH3])C(=O)O. The van der Waals surface area contributed by atoms with Crippen molar-refractivity contribution in [2.45, 2.75) is 25.0 Å². The number of rotatable bonds is 4. The molecule has 0 radical (unpaired) electrons. The lowest BCUT2D eigenvalue weighted by Gasteiger charge is -2.42. The Kier molecular flexibility index (Phi) is 4.27. The number of hydrogen-bond donors (Lipinski definition) is 1. The summed E-state index contributed by atoms with van der Waals surface area (Å²) in [5.41, 5.74) is 0. The van der Waals surface area contributed by atoms with Crippen molar-refractivity contribution in [3.8, 4) is 0 Å². The number of aliphatic carboxylic acids is 1. The zero-order valence-electron chi connectivity index (χ0n) is 9.21. The maximum atomic E-state index is 11.1. The van der Waals surface area contributed by atoms with E-state index in [0.29, 0.717) is 20.7 Å². The molecule has 0 saturated carbocycles. The van der Waals surface area contributed by atoms with E-state index >= 15 is 0 Å². The molecule has 0 saturated heterocycles. The van der Waals surface area contributed by atoms with Crippen LogP contribution < -0.4 is 0 Å². The van der Waals surface area contributed by atoms with Crippen LogP contribution in [0, 0.1) is 0 Å². The van der Waals surface area contributed by atoms with Gasteiger partial charge in [0.15, 0.2) is 5.35 Å². The van der Waals surface area contributed by atoms with Gasteiger partial charge in [-0.15, -0.1) is 0 Å². The molecule has 0 aliphatic heterocycles. The summed E-state index contributed by atoms with van der Waals surface area (Å²) in [4.78, 5) is 11.1. The number of nitrogens with zero attached hydrogens (tertiary/aromatic N) is 1. The fourth-order valence-electron chi connectivity index (χ4n) is 1.01. The van der Waals surface area contributed by atoms with Crippen molar-refractivity contribution in [3.05, 3.63) is 0 Å². The van der Waals surface area contributed by atoms with Crippen LogP contribution in [0.25, 0.3) is 0 Å². The maximum absolute atomic E-state index is 11.1. The molecule has 4 nitrogen and oxygen atoms in total. The van der Waals surface area contributed by atoms with Crippen molar-refractivity contribution >= 4 is 45.3 Å². The van der Waals surface area contributed by atoms with Crippen molar-refractivity contribution in [2.75, 3.05) is 0 Å². The minimum atomic E-state index is -1.53. The molecule has 8 heteroatoms. The monoisotopic (exact) mass is 253 g/mol. The highest BCUT2D eigenvalue weighted by Gasteiger charge is 2.41. The van der Waals surface area contributed by atoms with E-state index in [1.165, 1.54) is 0 Å². The van der Waals surface area contributed by atoms with Gasteiger partial charge < -0.3 is 13.8 Å². The van der Waals surface area contributed by atoms with Crippen LogP contribution in [0.4, 0.5) is 0 Å². The molecule has 0 fully saturated rings. The Balaban J connectivity index is 4.88. The third-order valence-electron chi connectivity index (χ3n) is 2.44. The van der Waals surface area contributed by atoms with E-state index in [-0.39, 0.29) is 0 Å². The second kappa shape index (κ2) is 4.19. The average Bonchev–Trinajstić information content (AvgIpc) is 1.99. The minimum absolute atomic E-state index is 0.483. The van der Waals surface area contributed by atoms with Gasteiger partial charge in [0.2, 0.25) is 0 Å². The van der Waals surface area contributed by atoms with Crippen molar-refractivity contribution < 1.29 is 14.3 Å². The molecule has 0 spiro atoms. The molecule has 0 bridgehead atoms. The van der Waals surface area contributed by atoms with Gasteiger partial charge in [0.1, 0.15) is 18.7 Å². The van der Waals surface area contributed by atoms with E-state index in [2.05, 4.69) is 23.9 Å². The Hall–Kier alpha value is 0.258. The largest absolute Gasteiger partial charge is 0.478 e. The molecule has 1 unspecified atom stereocenters. The molecule has 0 amide bonds. The highest BCUT2D eigenvalue weighted by atomic mass is 28.4. The smallest absolute Gasteiger partial charge is 0.343 e. The van der Waals surface area contributed by atoms with Crippen LogP contribution in [0.1, 0.15) is 0 Å². The summed E-state index contributed by atoms with van der Waals surface area (Å²) in [6, 6.07) is 0. The van der Waals surface area contributed by atoms with Crippen LogP contribution in [-0.4, -0.2) is 60.0 Å². The summed E-state index contributed by atoms with van der Waals surface area (Å²) in [5, 5.41) is 8.16. The van der Waals surface area contributed by atoms with Crippen LogP contribution in [0.15, 0.2) is 0 Å². The lowest BCUT2D eigenvalue weighted by Crippen LogP contribution is -2.64. The highest BCUT2D eigenvalue weighted by molar-refractivity contribution is 6.78. The Labute approximate surface area is 89.2 Å². The van der Waals surface area contributed by atoms with Crippen molar-refractivity contribution in [1.29, 1.82) is 0 Å². The Morgan fingerprint density at radius 2 is 1.92 bits per heavy atom. The fourth-order valence-corrected chi connectivity index (χ4v) is 5.86. The van der Waals surface area contributed by atoms with E-state index in [1.54, 1.807) is 0 Å². The van der Waals surface area contributed by atoms with Crippen LogP contribution in [-0.2, 0) is 9.22 Å². The van der Waals surface area contributed by atoms with Gasteiger partial charge in [-0.25, -0.2) is 4.79 Å². The Morgan fingerprint density at radius 1 is 1.54 bits per heavy atom. The van der Waals surface area contributed by atoms with Crippen LogP contribution in [0.2, 0.25) is 19.6 Å². The van der Waals surface area contributed by atoms with E-state index < -0.39 is 19.6 Å². The molecule has 1 N–H and O–H groups in total. The Bertz CT molecular complexity index is 206. The predicted molar refractivity (Wildman–Crippen MR) is 66.5 cm³/mol. The molecule has 0 aromatic heterocycles. The molecule has 78 valence electrons. The van der Waals surface area contributed by atoms with Crippen LogP contribution >= 0.6 is 0 Å². The zero-order valence-corrected chi connectivity index (χ0v) is 16.2. The summed E-state index contributed by atoms with van der Waals surface area (Å²) in [6.07, 6.45) is 0. The number of carboxylic acid groups (broad SMARTS) is 1. The van der Waals surface area contributed by atoms with Gasteiger partial charge in [-0.05, 0) is 0 Å². The molecule has 1 atom stereocenters. The maximum Gasteiger partial charge on any atom is 0.343 e. The van der Waals surface area contributed by atoms with Crippen molar-refractivity contribution in [2.24, 2.45) is 0 Å². The van der Waals surface area contributed by atoms with Crippen LogP contribution in [0.5, 0.6) is 0 Å².